The van der Waals surface area contributed by atoms with E-state index >= 15 is 0 Å². The normalized spacial score (nSPS) is 10.6. The number of hydrogen-bond donors (Lipinski definition) is 1. The first-order chi connectivity index (χ1) is 6.22. The zero-order valence-corrected chi connectivity index (χ0v) is 8.16. The molecule has 0 bridgehead atoms. The van der Waals surface area contributed by atoms with Crippen molar-refractivity contribution in [1.29, 1.82) is 0 Å². The minimum atomic E-state index is -0.355. The van der Waals surface area contributed by atoms with Crippen molar-refractivity contribution in [2.24, 2.45) is 0 Å². The molecule has 0 N–H and O–H groups in total. The molecule has 2 aromatic rings. The van der Waals surface area contributed by atoms with E-state index in [1.54, 1.807) is 12.1 Å². The fraction of sp³-hybridized carbons (Fsp3) is 0. The lowest BCUT2D eigenvalue weighted by Gasteiger charge is -1.94. The van der Waals surface area contributed by atoms with Crippen LogP contribution in [0.25, 0.3) is 10.1 Å². The summed E-state index contributed by atoms with van der Waals surface area (Å²) in [6, 6.07) is 4.66. The number of rotatable bonds is 1. The lowest BCUT2D eigenvalue weighted by atomic mass is 10.2. The first kappa shape index (κ1) is 8.72. The molecule has 0 unspecified atom stereocenters. The fourth-order valence-corrected chi connectivity index (χ4v) is 2.37. The van der Waals surface area contributed by atoms with Gasteiger partial charge in [-0.05, 0) is 18.2 Å². The van der Waals surface area contributed by atoms with Gasteiger partial charge < -0.3 is 0 Å². The Labute approximate surface area is 83.6 Å². The van der Waals surface area contributed by atoms with Gasteiger partial charge in [0.15, 0.2) is 6.29 Å². The highest BCUT2D eigenvalue weighted by molar-refractivity contribution is 7.80. The van der Waals surface area contributed by atoms with Crippen LogP contribution in [0.1, 0.15) is 9.67 Å². The number of thiol groups is 1. The molecule has 2 rings (SSSR count). The molecule has 66 valence electrons. The van der Waals surface area contributed by atoms with Crippen LogP contribution >= 0.6 is 24.0 Å². The molecule has 0 amide bonds. The van der Waals surface area contributed by atoms with Crippen LogP contribution in [0, 0.1) is 5.82 Å². The molecule has 1 nitrogen and oxygen atoms in total. The second-order valence-electron chi connectivity index (χ2n) is 2.57. The maximum atomic E-state index is 13.0. The predicted molar refractivity (Wildman–Crippen MR) is 54.4 cm³/mol. The Morgan fingerprint density at radius 3 is 2.92 bits per heavy atom. The van der Waals surface area contributed by atoms with Crippen molar-refractivity contribution in [2.45, 2.75) is 4.90 Å². The van der Waals surface area contributed by atoms with Crippen LogP contribution in [0.15, 0.2) is 23.1 Å². The quantitative estimate of drug-likeness (QED) is 0.567. The zero-order chi connectivity index (χ0) is 9.42. The highest BCUT2D eigenvalue weighted by Gasteiger charge is 2.07. The number of carbonyl (C=O) groups is 1. The number of benzene rings is 1. The van der Waals surface area contributed by atoms with Crippen molar-refractivity contribution in [3.63, 3.8) is 0 Å². The van der Waals surface area contributed by atoms with Gasteiger partial charge in [0.05, 0.1) is 4.88 Å². The molecule has 0 aliphatic carbocycles. The zero-order valence-electron chi connectivity index (χ0n) is 6.45. The highest BCUT2D eigenvalue weighted by Crippen LogP contribution is 2.30. The number of thiophene rings is 1. The Kier molecular flexibility index (Phi) is 2.09. The number of halogens is 1. The summed E-state index contributed by atoms with van der Waals surface area (Å²) in [5, 5.41) is 0.704. The van der Waals surface area contributed by atoms with E-state index in [0.29, 0.717) is 15.2 Å². The van der Waals surface area contributed by atoms with Gasteiger partial charge in [-0.25, -0.2) is 4.39 Å². The Balaban J connectivity index is 2.83. The molecule has 0 radical (unpaired) electrons. The van der Waals surface area contributed by atoms with Gasteiger partial charge in [-0.3, -0.25) is 4.79 Å². The summed E-state index contributed by atoms with van der Waals surface area (Å²) in [5.74, 6) is -0.355. The van der Waals surface area contributed by atoms with E-state index in [-0.39, 0.29) is 5.82 Å². The summed E-state index contributed by atoms with van der Waals surface area (Å²) in [5.41, 5.74) is 0. The summed E-state index contributed by atoms with van der Waals surface area (Å²) in [6.07, 6.45) is 0.760. The third-order valence-corrected chi connectivity index (χ3v) is 3.24. The molecule has 0 saturated carbocycles. The van der Waals surface area contributed by atoms with Crippen molar-refractivity contribution in [3.8, 4) is 0 Å². The molecule has 0 aliphatic heterocycles. The van der Waals surface area contributed by atoms with E-state index in [4.69, 9.17) is 0 Å². The van der Waals surface area contributed by atoms with Crippen LogP contribution in [0.2, 0.25) is 0 Å². The van der Waals surface area contributed by atoms with Crippen molar-refractivity contribution in [1.82, 2.24) is 0 Å². The molecular formula is C9H5FOS2. The Morgan fingerprint density at radius 1 is 1.46 bits per heavy atom. The third kappa shape index (κ3) is 1.36. The van der Waals surface area contributed by atoms with Gasteiger partial charge in [-0.15, -0.1) is 24.0 Å². The van der Waals surface area contributed by atoms with Crippen molar-refractivity contribution < 1.29 is 9.18 Å². The predicted octanol–water partition coefficient (Wildman–Crippen LogP) is 3.14. The van der Waals surface area contributed by atoms with E-state index in [0.717, 1.165) is 11.0 Å². The maximum Gasteiger partial charge on any atom is 0.160 e. The Bertz CT molecular complexity index is 476. The van der Waals surface area contributed by atoms with E-state index in [1.165, 1.54) is 17.4 Å². The molecule has 0 spiro atoms. The maximum absolute atomic E-state index is 13.0. The van der Waals surface area contributed by atoms with Crippen LogP contribution < -0.4 is 0 Å². The van der Waals surface area contributed by atoms with Crippen LogP contribution in [0.5, 0.6) is 0 Å². The SMILES string of the molecule is O=Cc1cc2c(S)c(F)ccc2s1. The molecule has 1 aromatic carbocycles. The lowest BCUT2D eigenvalue weighted by molar-refractivity contribution is 0.112. The molecular weight excluding hydrogens is 207 g/mol. The van der Waals surface area contributed by atoms with Crippen LogP contribution in [0.4, 0.5) is 4.39 Å². The fourth-order valence-electron chi connectivity index (χ4n) is 1.15. The molecule has 1 aromatic heterocycles. The molecule has 0 atom stereocenters. The summed E-state index contributed by atoms with van der Waals surface area (Å²) in [7, 11) is 0. The number of aldehydes is 1. The van der Waals surface area contributed by atoms with Gasteiger partial charge in [0.1, 0.15) is 5.82 Å². The standard InChI is InChI=1S/C9H5FOS2/c10-7-1-2-8-6(9(7)12)3-5(4-11)13-8/h1-4,12H. The molecule has 4 heteroatoms. The first-order valence-corrected chi connectivity index (χ1v) is 4.85. The average molecular weight is 212 g/mol. The second kappa shape index (κ2) is 3.12. The summed E-state index contributed by atoms with van der Waals surface area (Å²) >= 11 is 5.37. The molecule has 0 saturated heterocycles. The second-order valence-corrected chi connectivity index (χ2v) is 4.14. The van der Waals surface area contributed by atoms with Crippen molar-refractivity contribution in [2.75, 3.05) is 0 Å². The summed E-state index contributed by atoms with van der Waals surface area (Å²) in [6.45, 7) is 0. The topological polar surface area (TPSA) is 17.1 Å². The van der Waals surface area contributed by atoms with E-state index in [2.05, 4.69) is 12.6 Å². The van der Waals surface area contributed by atoms with Gasteiger partial charge in [-0.2, -0.15) is 0 Å². The van der Waals surface area contributed by atoms with E-state index in [9.17, 15) is 9.18 Å². The monoisotopic (exact) mass is 212 g/mol. The van der Waals surface area contributed by atoms with Gasteiger partial charge >= 0.3 is 0 Å². The van der Waals surface area contributed by atoms with Crippen LogP contribution in [-0.2, 0) is 0 Å². The van der Waals surface area contributed by atoms with Gasteiger partial charge in [0.25, 0.3) is 0 Å². The third-order valence-electron chi connectivity index (χ3n) is 1.76. The van der Waals surface area contributed by atoms with E-state index < -0.39 is 0 Å². The molecule has 0 aliphatic rings. The number of hydrogen-bond acceptors (Lipinski definition) is 3. The Hall–Kier alpha value is -0.870. The van der Waals surface area contributed by atoms with E-state index in [1.807, 2.05) is 0 Å². The lowest BCUT2D eigenvalue weighted by Crippen LogP contribution is -1.75. The molecule has 13 heavy (non-hydrogen) atoms. The van der Waals surface area contributed by atoms with Crippen LogP contribution in [0.3, 0.4) is 0 Å². The first-order valence-electron chi connectivity index (χ1n) is 3.58. The number of fused-ring (bicyclic) bond motifs is 1. The summed E-state index contributed by atoms with van der Waals surface area (Å²) < 4.78 is 13.9. The van der Waals surface area contributed by atoms with Gasteiger partial charge in [0.2, 0.25) is 0 Å². The van der Waals surface area contributed by atoms with Crippen molar-refractivity contribution >= 4 is 40.3 Å². The average Bonchev–Trinajstić information content (AvgIpc) is 2.55. The minimum absolute atomic E-state index is 0.307. The molecule has 0 fully saturated rings. The highest BCUT2D eigenvalue weighted by atomic mass is 32.1. The largest absolute Gasteiger partial charge is 0.297 e. The Morgan fingerprint density at radius 2 is 2.23 bits per heavy atom. The minimum Gasteiger partial charge on any atom is -0.297 e. The molecule has 1 heterocycles. The van der Waals surface area contributed by atoms with Crippen LogP contribution in [-0.4, -0.2) is 6.29 Å². The number of carbonyl (C=O) groups excluding carboxylic acids is 1. The summed E-state index contributed by atoms with van der Waals surface area (Å²) in [4.78, 5) is 11.4. The smallest absolute Gasteiger partial charge is 0.160 e. The van der Waals surface area contributed by atoms with Gasteiger partial charge in [-0.1, -0.05) is 0 Å². The van der Waals surface area contributed by atoms with Gasteiger partial charge in [0, 0.05) is 15.0 Å². The van der Waals surface area contributed by atoms with Crippen molar-refractivity contribution in [3.05, 3.63) is 28.9 Å².